The van der Waals surface area contributed by atoms with Crippen molar-refractivity contribution in [1.29, 1.82) is 0 Å². The standard InChI is InChI=1S/C14H22N2O2/c1-14(2,18)10-16-13(17)12(15)9-8-11-6-4-3-5-7-11/h3-7,12,18H,8-10,15H2,1-2H3,(H,16,17)/t12-/m0/s1. The first-order chi connectivity index (χ1) is 8.38. The lowest BCUT2D eigenvalue weighted by Crippen LogP contribution is -2.46. The van der Waals surface area contributed by atoms with Gasteiger partial charge in [-0.05, 0) is 32.3 Å². The van der Waals surface area contributed by atoms with Crippen molar-refractivity contribution < 1.29 is 9.90 Å². The van der Waals surface area contributed by atoms with Crippen molar-refractivity contribution >= 4 is 5.91 Å². The Morgan fingerprint density at radius 1 is 1.39 bits per heavy atom. The zero-order valence-electron chi connectivity index (χ0n) is 11.0. The molecule has 100 valence electrons. The number of carbonyl (C=O) groups is 1. The summed E-state index contributed by atoms with van der Waals surface area (Å²) in [6.07, 6.45) is 1.37. The first-order valence-corrected chi connectivity index (χ1v) is 6.18. The Bertz CT molecular complexity index is 371. The molecule has 0 heterocycles. The van der Waals surface area contributed by atoms with E-state index in [4.69, 9.17) is 5.73 Å². The van der Waals surface area contributed by atoms with E-state index in [-0.39, 0.29) is 12.5 Å². The molecule has 0 aliphatic rings. The molecule has 0 spiro atoms. The van der Waals surface area contributed by atoms with Gasteiger partial charge >= 0.3 is 0 Å². The Balaban J connectivity index is 2.32. The Labute approximate surface area is 108 Å². The summed E-state index contributed by atoms with van der Waals surface area (Å²) < 4.78 is 0. The van der Waals surface area contributed by atoms with Gasteiger partial charge in [-0.1, -0.05) is 30.3 Å². The van der Waals surface area contributed by atoms with Gasteiger partial charge in [0.15, 0.2) is 0 Å². The van der Waals surface area contributed by atoms with Gasteiger partial charge in [0.1, 0.15) is 0 Å². The molecule has 0 fully saturated rings. The Morgan fingerprint density at radius 3 is 2.56 bits per heavy atom. The topological polar surface area (TPSA) is 75.3 Å². The summed E-state index contributed by atoms with van der Waals surface area (Å²) in [6.45, 7) is 3.50. The Hall–Kier alpha value is -1.39. The number of aryl methyl sites for hydroxylation is 1. The van der Waals surface area contributed by atoms with E-state index < -0.39 is 11.6 Å². The first-order valence-electron chi connectivity index (χ1n) is 6.18. The number of amides is 1. The van der Waals surface area contributed by atoms with Gasteiger partial charge in [-0.25, -0.2) is 0 Å². The van der Waals surface area contributed by atoms with Crippen LogP contribution in [0.25, 0.3) is 0 Å². The highest BCUT2D eigenvalue weighted by Gasteiger charge is 2.17. The molecule has 18 heavy (non-hydrogen) atoms. The van der Waals surface area contributed by atoms with E-state index in [1.165, 1.54) is 5.56 Å². The van der Waals surface area contributed by atoms with Crippen molar-refractivity contribution in [3.63, 3.8) is 0 Å². The molecule has 1 rings (SSSR count). The number of benzene rings is 1. The lowest BCUT2D eigenvalue weighted by Gasteiger charge is -2.19. The minimum absolute atomic E-state index is 0.213. The van der Waals surface area contributed by atoms with Crippen LogP contribution >= 0.6 is 0 Å². The maximum absolute atomic E-state index is 11.7. The molecule has 0 bridgehead atoms. The average molecular weight is 250 g/mol. The number of hydrogen-bond acceptors (Lipinski definition) is 3. The normalized spacial score (nSPS) is 13.1. The highest BCUT2D eigenvalue weighted by Crippen LogP contribution is 2.04. The van der Waals surface area contributed by atoms with E-state index in [2.05, 4.69) is 5.32 Å². The minimum atomic E-state index is -0.908. The molecule has 1 aromatic carbocycles. The van der Waals surface area contributed by atoms with Crippen LogP contribution in [0.5, 0.6) is 0 Å². The number of rotatable bonds is 6. The SMILES string of the molecule is CC(C)(O)CNC(=O)[C@@H](N)CCc1ccccc1. The molecule has 1 atom stereocenters. The molecule has 1 aromatic rings. The van der Waals surface area contributed by atoms with Crippen molar-refractivity contribution in [2.75, 3.05) is 6.54 Å². The summed E-state index contributed by atoms with van der Waals surface area (Å²) in [5, 5.41) is 12.1. The molecular weight excluding hydrogens is 228 g/mol. The van der Waals surface area contributed by atoms with Crippen LogP contribution in [-0.4, -0.2) is 29.2 Å². The number of carbonyl (C=O) groups excluding carboxylic acids is 1. The minimum Gasteiger partial charge on any atom is -0.389 e. The van der Waals surface area contributed by atoms with E-state index in [0.717, 1.165) is 6.42 Å². The zero-order valence-corrected chi connectivity index (χ0v) is 11.0. The molecule has 0 unspecified atom stereocenters. The van der Waals surface area contributed by atoms with E-state index in [0.29, 0.717) is 6.42 Å². The summed E-state index contributed by atoms with van der Waals surface area (Å²) in [4.78, 5) is 11.7. The molecule has 0 aromatic heterocycles. The maximum Gasteiger partial charge on any atom is 0.237 e. The van der Waals surface area contributed by atoms with Crippen LogP contribution in [0.15, 0.2) is 30.3 Å². The van der Waals surface area contributed by atoms with Crippen LogP contribution in [-0.2, 0) is 11.2 Å². The quantitative estimate of drug-likeness (QED) is 0.700. The summed E-state index contributed by atoms with van der Waals surface area (Å²) in [5.74, 6) is -0.215. The molecule has 4 nitrogen and oxygen atoms in total. The van der Waals surface area contributed by atoms with E-state index in [1.807, 2.05) is 30.3 Å². The van der Waals surface area contributed by atoms with E-state index >= 15 is 0 Å². The summed E-state index contributed by atoms with van der Waals surface area (Å²) in [6, 6.07) is 9.39. The van der Waals surface area contributed by atoms with Gasteiger partial charge in [-0.15, -0.1) is 0 Å². The van der Waals surface area contributed by atoms with Crippen LogP contribution < -0.4 is 11.1 Å². The van der Waals surface area contributed by atoms with Crippen LogP contribution in [0, 0.1) is 0 Å². The smallest absolute Gasteiger partial charge is 0.237 e. The van der Waals surface area contributed by atoms with Crippen LogP contribution in [0.4, 0.5) is 0 Å². The van der Waals surface area contributed by atoms with Gasteiger partial charge in [-0.2, -0.15) is 0 Å². The largest absolute Gasteiger partial charge is 0.389 e. The third-order valence-corrected chi connectivity index (χ3v) is 2.62. The van der Waals surface area contributed by atoms with Gasteiger partial charge in [0.05, 0.1) is 11.6 Å². The number of nitrogens with two attached hydrogens (primary N) is 1. The molecular formula is C14H22N2O2. The first kappa shape index (κ1) is 14.7. The van der Waals surface area contributed by atoms with Gasteiger partial charge in [0.25, 0.3) is 0 Å². The van der Waals surface area contributed by atoms with Crippen LogP contribution in [0.3, 0.4) is 0 Å². The van der Waals surface area contributed by atoms with Crippen molar-refractivity contribution in [3.05, 3.63) is 35.9 Å². The summed E-state index contributed by atoms with van der Waals surface area (Å²) >= 11 is 0. The van der Waals surface area contributed by atoms with Gasteiger partial charge in [0, 0.05) is 6.54 Å². The number of nitrogens with one attached hydrogen (secondary N) is 1. The molecule has 4 heteroatoms. The fraction of sp³-hybridized carbons (Fsp3) is 0.500. The van der Waals surface area contributed by atoms with Crippen molar-refractivity contribution in [2.45, 2.75) is 38.3 Å². The monoisotopic (exact) mass is 250 g/mol. The fourth-order valence-corrected chi connectivity index (χ4v) is 1.53. The second-order valence-corrected chi connectivity index (χ2v) is 5.16. The van der Waals surface area contributed by atoms with Gasteiger partial charge in [0.2, 0.25) is 5.91 Å². The lowest BCUT2D eigenvalue weighted by atomic mass is 10.0. The summed E-state index contributed by atoms with van der Waals surface area (Å²) in [7, 11) is 0. The molecule has 4 N–H and O–H groups in total. The highest BCUT2D eigenvalue weighted by atomic mass is 16.3. The second-order valence-electron chi connectivity index (χ2n) is 5.16. The molecule has 0 saturated heterocycles. The zero-order chi connectivity index (χ0) is 13.6. The number of hydrogen-bond donors (Lipinski definition) is 3. The Kier molecular flexibility index (Phi) is 5.31. The van der Waals surface area contributed by atoms with Crippen LogP contribution in [0.1, 0.15) is 25.8 Å². The van der Waals surface area contributed by atoms with Gasteiger partial charge in [-0.3, -0.25) is 4.79 Å². The predicted octanol–water partition coefficient (Wildman–Crippen LogP) is 0.834. The molecule has 1 amide bonds. The average Bonchev–Trinajstić information content (AvgIpc) is 2.33. The van der Waals surface area contributed by atoms with Crippen molar-refractivity contribution in [1.82, 2.24) is 5.32 Å². The Morgan fingerprint density at radius 2 is 2.00 bits per heavy atom. The second kappa shape index (κ2) is 6.52. The third kappa shape index (κ3) is 5.80. The molecule has 0 aliphatic carbocycles. The van der Waals surface area contributed by atoms with Crippen molar-refractivity contribution in [3.8, 4) is 0 Å². The fourth-order valence-electron chi connectivity index (χ4n) is 1.53. The number of aliphatic hydroxyl groups is 1. The predicted molar refractivity (Wildman–Crippen MR) is 72.0 cm³/mol. The summed E-state index contributed by atoms with van der Waals surface area (Å²) in [5.41, 5.74) is 6.06. The van der Waals surface area contributed by atoms with Crippen LogP contribution in [0.2, 0.25) is 0 Å². The van der Waals surface area contributed by atoms with E-state index in [9.17, 15) is 9.90 Å². The maximum atomic E-state index is 11.7. The van der Waals surface area contributed by atoms with E-state index in [1.54, 1.807) is 13.8 Å². The molecule has 0 aliphatic heterocycles. The van der Waals surface area contributed by atoms with Gasteiger partial charge < -0.3 is 16.2 Å². The highest BCUT2D eigenvalue weighted by molar-refractivity contribution is 5.81. The molecule has 0 saturated carbocycles. The molecule has 0 radical (unpaired) electrons. The lowest BCUT2D eigenvalue weighted by molar-refractivity contribution is -0.123. The van der Waals surface area contributed by atoms with Crippen molar-refractivity contribution in [2.24, 2.45) is 5.73 Å². The third-order valence-electron chi connectivity index (χ3n) is 2.62.